The zero-order valence-electron chi connectivity index (χ0n) is 13.1. The van der Waals surface area contributed by atoms with Gasteiger partial charge in [0.2, 0.25) is 0 Å². The van der Waals surface area contributed by atoms with E-state index in [1.54, 1.807) is 12.7 Å². The molecule has 2 atom stereocenters. The Balaban J connectivity index is 1.40. The third-order valence-corrected chi connectivity index (χ3v) is 5.47. The molecule has 2 fully saturated rings. The van der Waals surface area contributed by atoms with Crippen molar-refractivity contribution < 1.29 is 9.47 Å². The molecular formula is C16H22N4O2S. The zero-order valence-corrected chi connectivity index (χ0v) is 14.0. The lowest BCUT2D eigenvalue weighted by Gasteiger charge is -2.31. The van der Waals surface area contributed by atoms with Gasteiger partial charge < -0.3 is 14.0 Å². The molecule has 4 heterocycles. The molecule has 0 unspecified atom stereocenters. The second-order valence-corrected chi connectivity index (χ2v) is 7.60. The van der Waals surface area contributed by atoms with E-state index in [1.807, 2.05) is 15.9 Å². The molecule has 2 aliphatic heterocycles. The number of aromatic nitrogens is 3. The third kappa shape index (κ3) is 3.63. The lowest BCUT2D eigenvalue weighted by atomic mass is 9.94. The molecule has 2 saturated heterocycles. The van der Waals surface area contributed by atoms with E-state index in [4.69, 9.17) is 9.47 Å². The highest BCUT2D eigenvalue weighted by Crippen LogP contribution is 2.34. The Morgan fingerprint density at radius 3 is 3.09 bits per heavy atom. The fourth-order valence-corrected chi connectivity index (χ4v) is 4.37. The highest BCUT2D eigenvalue weighted by atomic mass is 32.1. The first-order chi connectivity index (χ1) is 11.3. The third-order valence-electron chi connectivity index (χ3n) is 4.61. The van der Waals surface area contributed by atoms with Crippen LogP contribution in [0.3, 0.4) is 0 Å². The van der Waals surface area contributed by atoms with Crippen molar-refractivity contribution in [2.24, 2.45) is 5.92 Å². The number of nitrogens with zero attached hydrogens (tertiary/aromatic N) is 4. The van der Waals surface area contributed by atoms with Crippen molar-refractivity contribution in [3.8, 4) is 0 Å². The van der Waals surface area contributed by atoms with Crippen molar-refractivity contribution in [1.29, 1.82) is 0 Å². The fraction of sp³-hybridized carbons (Fsp3) is 0.625. The molecule has 0 radical (unpaired) electrons. The van der Waals surface area contributed by atoms with Crippen LogP contribution in [0.4, 0.5) is 0 Å². The molecule has 6 nitrogen and oxygen atoms in total. The number of ether oxygens (including phenoxy) is 2. The van der Waals surface area contributed by atoms with Crippen molar-refractivity contribution in [1.82, 2.24) is 19.7 Å². The monoisotopic (exact) mass is 334 g/mol. The number of rotatable bonds is 4. The average Bonchev–Trinajstić information content (AvgIpc) is 3.25. The van der Waals surface area contributed by atoms with E-state index in [9.17, 15) is 0 Å². The van der Waals surface area contributed by atoms with Crippen molar-refractivity contribution in [2.45, 2.75) is 25.1 Å². The number of hydrogen-bond acceptors (Lipinski definition) is 6. The Bertz CT molecular complexity index is 604. The minimum atomic E-state index is -0.160. The second kappa shape index (κ2) is 6.68. The van der Waals surface area contributed by atoms with Gasteiger partial charge in [-0.15, -0.1) is 21.5 Å². The van der Waals surface area contributed by atoms with Gasteiger partial charge in [0.15, 0.2) is 0 Å². The lowest BCUT2D eigenvalue weighted by Crippen LogP contribution is -2.43. The summed E-state index contributed by atoms with van der Waals surface area (Å²) < 4.78 is 14.2. The molecule has 23 heavy (non-hydrogen) atoms. The molecule has 0 aliphatic carbocycles. The van der Waals surface area contributed by atoms with Gasteiger partial charge in [-0.1, -0.05) is 6.07 Å². The molecule has 0 amide bonds. The number of thiophene rings is 1. The highest BCUT2D eigenvalue weighted by molar-refractivity contribution is 7.09. The van der Waals surface area contributed by atoms with Gasteiger partial charge in [0.25, 0.3) is 0 Å². The van der Waals surface area contributed by atoms with Crippen LogP contribution in [0.15, 0.2) is 30.2 Å². The van der Waals surface area contributed by atoms with Gasteiger partial charge in [-0.2, -0.15) is 0 Å². The molecule has 0 bridgehead atoms. The molecule has 0 saturated carbocycles. The molecule has 7 heteroatoms. The quantitative estimate of drug-likeness (QED) is 0.851. The maximum atomic E-state index is 6.25. The fourth-order valence-electron chi connectivity index (χ4n) is 3.62. The van der Waals surface area contributed by atoms with Gasteiger partial charge in [-0.3, -0.25) is 4.90 Å². The molecule has 2 aliphatic rings. The van der Waals surface area contributed by atoms with Gasteiger partial charge >= 0.3 is 0 Å². The highest BCUT2D eigenvalue weighted by Gasteiger charge is 2.43. The van der Waals surface area contributed by atoms with Crippen LogP contribution in [0.25, 0.3) is 0 Å². The maximum Gasteiger partial charge on any atom is 0.119 e. The van der Waals surface area contributed by atoms with Crippen LogP contribution in [0.2, 0.25) is 0 Å². The molecule has 1 spiro atoms. The minimum Gasteiger partial charge on any atom is -0.377 e. The average molecular weight is 334 g/mol. The summed E-state index contributed by atoms with van der Waals surface area (Å²) in [5.41, 5.74) is -0.160. The summed E-state index contributed by atoms with van der Waals surface area (Å²) in [6.45, 7) is 6.10. The topological polar surface area (TPSA) is 52.4 Å². The van der Waals surface area contributed by atoms with Crippen LogP contribution in [0, 0.1) is 5.92 Å². The van der Waals surface area contributed by atoms with Crippen LogP contribution in [-0.4, -0.2) is 58.2 Å². The van der Waals surface area contributed by atoms with Gasteiger partial charge in [0.05, 0.1) is 19.8 Å². The predicted molar refractivity (Wildman–Crippen MR) is 87.2 cm³/mol. The summed E-state index contributed by atoms with van der Waals surface area (Å²) in [4.78, 5) is 3.88. The summed E-state index contributed by atoms with van der Waals surface area (Å²) in [7, 11) is 0. The molecule has 124 valence electrons. The van der Waals surface area contributed by atoms with Gasteiger partial charge in [-0.05, 0) is 17.9 Å². The predicted octanol–water partition coefficient (Wildman–Crippen LogP) is 1.65. The van der Waals surface area contributed by atoms with E-state index >= 15 is 0 Å². The molecule has 0 aromatic carbocycles. The van der Waals surface area contributed by atoms with Gasteiger partial charge in [-0.25, -0.2) is 0 Å². The molecular weight excluding hydrogens is 312 g/mol. The lowest BCUT2D eigenvalue weighted by molar-refractivity contribution is -0.0562. The molecule has 4 rings (SSSR count). The van der Waals surface area contributed by atoms with E-state index in [0.717, 1.165) is 45.8 Å². The van der Waals surface area contributed by atoms with E-state index in [0.29, 0.717) is 12.5 Å². The smallest absolute Gasteiger partial charge is 0.119 e. The van der Waals surface area contributed by atoms with Crippen molar-refractivity contribution >= 4 is 11.3 Å². The first-order valence-corrected chi connectivity index (χ1v) is 8.98. The van der Waals surface area contributed by atoms with Crippen LogP contribution >= 0.6 is 11.3 Å². The summed E-state index contributed by atoms with van der Waals surface area (Å²) in [6, 6.07) is 4.32. The molecule has 0 N–H and O–H groups in total. The zero-order chi connectivity index (χ0) is 15.5. The van der Waals surface area contributed by atoms with Crippen LogP contribution < -0.4 is 0 Å². The summed E-state index contributed by atoms with van der Waals surface area (Å²) in [5, 5.41) is 9.89. The van der Waals surface area contributed by atoms with Crippen molar-refractivity contribution in [2.75, 3.05) is 32.9 Å². The van der Waals surface area contributed by atoms with Crippen LogP contribution in [0.1, 0.15) is 11.3 Å². The Kier molecular flexibility index (Phi) is 4.43. The van der Waals surface area contributed by atoms with E-state index in [2.05, 4.69) is 32.6 Å². The van der Waals surface area contributed by atoms with Crippen LogP contribution in [0.5, 0.6) is 0 Å². The van der Waals surface area contributed by atoms with E-state index in [1.165, 1.54) is 4.88 Å². The molecule has 2 aromatic rings. The number of hydrogen-bond donors (Lipinski definition) is 0. The Hall–Kier alpha value is -1.28. The van der Waals surface area contributed by atoms with Crippen molar-refractivity contribution in [3.05, 3.63) is 35.0 Å². The first kappa shape index (κ1) is 15.3. The summed E-state index contributed by atoms with van der Waals surface area (Å²) >= 11 is 1.82. The standard InChI is InChI=1S/C16H22N4O2S/c1-2-15(23-5-1)8-19-3-4-21-11-16(10-19)6-14(9-22-16)7-20-12-17-18-13-20/h1-2,5,12-14H,3-4,6-11H2/t14-,16-/m1/s1. The van der Waals surface area contributed by atoms with Crippen LogP contribution in [-0.2, 0) is 22.6 Å². The second-order valence-electron chi connectivity index (χ2n) is 6.57. The summed E-state index contributed by atoms with van der Waals surface area (Å²) in [6.07, 6.45) is 4.58. The van der Waals surface area contributed by atoms with E-state index in [-0.39, 0.29) is 5.60 Å². The Morgan fingerprint density at radius 2 is 2.26 bits per heavy atom. The maximum absolute atomic E-state index is 6.25. The molecule has 2 aromatic heterocycles. The summed E-state index contributed by atoms with van der Waals surface area (Å²) in [5.74, 6) is 0.497. The Labute approximate surface area is 140 Å². The van der Waals surface area contributed by atoms with Gasteiger partial charge in [0, 0.05) is 37.0 Å². The van der Waals surface area contributed by atoms with E-state index < -0.39 is 0 Å². The van der Waals surface area contributed by atoms with Gasteiger partial charge in [0.1, 0.15) is 18.3 Å². The SMILES string of the molecule is c1csc(CN2CCOC[C@@]3(C[C@H](Cn4cnnc4)CO3)C2)c1. The minimum absolute atomic E-state index is 0.160. The first-order valence-electron chi connectivity index (χ1n) is 8.10. The largest absolute Gasteiger partial charge is 0.377 e. The van der Waals surface area contributed by atoms with Crippen molar-refractivity contribution in [3.63, 3.8) is 0 Å². The normalized spacial score (nSPS) is 29.1. The Morgan fingerprint density at radius 1 is 1.35 bits per heavy atom.